The molecular weight excluding hydrogens is 341 g/mol. The molecule has 1 aromatic heterocycles. The number of hydrogen-bond acceptors (Lipinski definition) is 5. The first-order valence-corrected chi connectivity index (χ1v) is 6.04. The summed E-state index contributed by atoms with van der Waals surface area (Å²) < 4.78 is 41.3. The molecule has 2 rings (SSSR count). The van der Waals surface area contributed by atoms with Crippen molar-refractivity contribution in [2.75, 3.05) is 11.1 Å². The third kappa shape index (κ3) is 3.73. The molecule has 0 atom stereocenters. The Balaban J connectivity index is 2.32. The summed E-state index contributed by atoms with van der Waals surface area (Å²) in [4.78, 5) is 7.61. The molecule has 0 bridgehead atoms. The van der Waals surface area contributed by atoms with Crippen molar-refractivity contribution in [3.63, 3.8) is 0 Å². The third-order valence-electron chi connectivity index (χ3n) is 2.13. The number of anilines is 3. The highest BCUT2D eigenvalue weighted by atomic mass is 79.9. The van der Waals surface area contributed by atoms with Gasteiger partial charge in [-0.15, -0.1) is 13.2 Å². The lowest BCUT2D eigenvalue weighted by molar-refractivity contribution is -0.274. The van der Waals surface area contributed by atoms with Crippen molar-refractivity contribution in [1.82, 2.24) is 9.97 Å². The van der Waals surface area contributed by atoms with Gasteiger partial charge in [-0.2, -0.15) is 4.98 Å². The Morgan fingerprint density at radius 3 is 2.65 bits per heavy atom. The minimum atomic E-state index is -4.78. The SMILES string of the molecule is Nc1ncc(Br)c(Nc2ccccc2OC(F)(F)F)n1. The Morgan fingerprint density at radius 1 is 1.25 bits per heavy atom. The van der Waals surface area contributed by atoms with Crippen LogP contribution < -0.4 is 15.8 Å². The van der Waals surface area contributed by atoms with E-state index in [-0.39, 0.29) is 23.2 Å². The second-order valence-corrected chi connectivity index (χ2v) is 4.45. The monoisotopic (exact) mass is 348 g/mol. The molecule has 20 heavy (non-hydrogen) atoms. The number of nitrogens with two attached hydrogens (primary N) is 1. The second-order valence-electron chi connectivity index (χ2n) is 3.59. The number of benzene rings is 1. The molecule has 5 nitrogen and oxygen atoms in total. The Kier molecular flexibility index (Phi) is 3.98. The number of nitrogens with one attached hydrogen (secondary N) is 1. The summed E-state index contributed by atoms with van der Waals surface area (Å²) in [6.45, 7) is 0. The first kappa shape index (κ1) is 14.4. The molecule has 0 amide bonds. The Labute approximate surface area is 120 Å². The summed E-state index contributed by atoms with van der Waals surface area (Å²) in [5, 5.41) is 2.70. The van der Waals surface area contributed by atoms with Crippen LogP contribution in [0, 0.1) is 0 Å². The van der Waals surface area contributed by atoms with Crippen LogP contribution in [0.25, 0.3) is 0 Å². The molecule has 0 saturated heterocycles. The van der Waals surface area contributed by atoms with E-state index in [0.29, 0.717) is 4.47 Å². The number of nitrogens with zero attached hydrogens (tertiary/aromatic N) is 2. The van der Waals surface area contributed by atoms with Crippen LogP contribution >= 0.6 is 15.9 Å². The van der Waals surface area contributed by atoms with Gasteiger partial charge in [-0.3, -0.25) is 0 Å². The summed E-state index contributed by atoms with van der Waals surface area (Å²) in [5.74, 6) is -0.148. The number of nitrogen functional groups attached to an aromatic ring is 1. The van der Waals surface area contributed by atoms with E-state index < -0.39 is 6.36 Å². The zero-order valence-corrected chi connectivity index (χ0v) is 11.4. The molecule has 0 aliphatic rings. The van der Waals surface area contributed by atoms with Gasteiger partial charge in [-0.05, 0) is 28.1 Å². The maximum Gasteiger partial charge on any atom is 0.573 e. The van der Waals surface area contributed by atoms with Gasteiger partial charge in [0.1, 0.15) is 5.82 Å². The molecule has 0 aliphatic carbocycles. The predicted octanol–water partition coefficient (Wildman–Crippen LogP) is 3.46. The van der Waals surface area contributed by atoms with Gasteiger partial charge < -0.3 is 15.8 Å². The largest absolute Gasteiger partial charge is 0.573 e. The minimum Gasteiger partial charge on any atom is -0.404 e. The highest BCUT2D eigenvalue weighted by Crippen LogP contribution is 2.33. The van der Waals surface area contributed by atoms with Crippen LogP contribution in [-0.2, 0) is 0 Å². The Morgan fingerprint density at radius 2 is 1.95 bits per heavy atom. The highest BCUT2D eigenvalue weighted by molar-refractivity contribution is 9.10. The third-order valence-corrected chi connectivity index (χ3v) is 2.71. The molecule has 0 spiro atoms. The van der Waals surface area contributed by atoms with Crippen molar-refractivity contribution >= 4 is 33.4 Å². The van der Waals surface area contributed by atoms with Crippen molar-refractivity contribution in [1.29, 1.82) is 0 Å². The van der Waals surface area contributed by atoms with Crippen molar-refractivity contribution in [3.05, 3.63) is 34.9 Å². The second kappa shape index (κ2) is 5.53. The Bertz CT molecular complexity index is 621. The number of halogens is 4. The lowest BCUT2D eigenvalue weighted by atomic mass is 10.3. The quantitative estimate of drug-likeness (QED) is 0.888. The smallest absolute Gasteiger partial charge is 0.404 e. The standard InChI is InChI=1S/C11H8BrF3N4O/c12-6-5-17-10(16)19-9(6)18-7-3-1-2-4-8(7)20-11(13,14)15/h1-5H,(H3,16,17,18,19). The molecule has 0 saturated carbocycles. The van der Waals surface area contributed by atoms with E-state index >= 15 is 0 Å². The molecule has 0 fully saturated rings. The van der Waals surface area contributed by atoms with E-state index in [1.165, 1.54) is 24.4 Å². The van der Waals surface area contributed by atoms with Crippen LogP contribution in [0.5, 0.6) is 5.75 Å². The molecule has 0 unspecified atom stereocenters. The first-order valence-electron chi connectivity index (χ1n) is 5.25. The molecule has 2 aromatic rings. The van der Waals surface area contributed by atoms with Crippen LogP contribution in [-0.4, -0.2) is 16.3 Å². The van der Waals surface area contributed by atoms with E-state index in [2.05, 4.69) is 36.0 Å². The predicted molar refractivity (Wildman–Crippen MR) is 70.6 cm³/mol. The zero-order valence-electron chi connectivity index (χ0n) is 9.78. The van der Waals surface area contributed by atoms with E-state index in [9.17, 15) is 13.2 Å². The van der Waals surface area contributed by atoms with Crippen molar-refractivity contribution in [3.8, 4) is 5.75 Å². The maximum atomic E-state index is 12.3. The first-order chi connectivity index (χ1) is 9.35. The highest BCUT2D eigenvalue weighted by Gasteiger charge is 2.32. The van der Waals surface area contributed by atoms with Crippen molar-refractivity contribution in [2.45, 2.75) is 6.36 Å². The van der Waals surface area contributed by atoms with Gasteiger partial charge in [0.2, 0.25) is 5.95 Å². The summed E-state index contributed by atoms with van der Waals surface area (Å²) in [5.41, 5.74) is 5.53. The maximum absolute atomic E-state index is 12.3. The summed E-state index contributed by atoms with van der Waals surface area (Å²) in [6, 6.07) is 5.60. The van der Waals surface area contributed by atoms with E-state index in [1.807, 2.05) is 0 Å². The molecule has 0 radical (unpaired) electrons. The average Bonchev–Trinajstić information content (AvgIpc) is 2.34. The summed E-state index contributed by atoms with van der Waals surface area (Å²) in [6.07, 6.45) is -3.39. The van der Waals surface area contributed by atoms with E-state index in [4.69, 9.17) is 5.73 Å². The van der Waals surface area contributed by atoms with Gasteiger partial charge in [0.25, 0.3) is 0 Å². The minimum absolute atomic E-state index is 0.00933. The molecule has 9 heteroatoms. The summed E-state index contributed by atoms with van der Waals surface area (Å²) >= 11 is 3.17. The fourth-order valence-corrected chi connectivity index (χ4v) is 1.67. The zero-order chi connectivity index (χ0) is 14.8. The van der Waals surface area contributed by atoms with Gasteiger partial charge >= 0.3 is 6.36 Å². The number of para-hydroxylation sites is 2. The van der Waals surface area contributed by atoms with Crippen LogP contribution in [0.15, 0.2) is 34.9 Å². The number of aromatic nitrogens is 2. The van der Waals surface area contributed by atoms with Gasteiger partial charge in [-0.25, -0.2) is 4.98 Å². The fourth-order valence-electron chi connectivity index (χ4n) is 1.38. The summed E-state index contributed by atoms with van der Waals surface area (Å²) in [7, 11) is 0. The average molecular weight is 349 g/mol. The van der Waals surface area contributed by atoms with Crippen molar-refractivity contribution < 1.29 is 17.9 Å². The van der Waals surface area contributed by atoms with Crippen molar-refractivity contribution in [2.24, 2.45) is 0 Å². The van der Waals surface area contributed by atoms with Gasteiger partial charge in [0.05, 0.1) is 10.2 Å². The van der Waals surface area contributed by atoms with Crippen LogP contribution in [0.1, 0.15) is 0 Å². The molecule has 1 aromatic carbocycles. The van der Waals surface area contributed by atoms with E-state index in [0.717, 1.165) is 0 Å². The normalized spacial score (nSPS) is 11.2. The van der Waals surface area contributed by atoms with Gasteiger partial charge in [0.15, 0.2) is 5.75 Å². The topological polar surface area (TPSA) is 73.1 Å². The van der Waals surface area contributed by atoms with Crippen LogP contribution in [0.2, 0.25) is 0 Å². The molecule has 1 heterocycles. The van der Waals surface area contributed by atoms with E-state index in [1.54, 1.807) is 6.07 Å². The molecule has 106 valence electrons. The number of rotatable bonds is 3. The van der Waals surface area contributed by atoms with Crippen LogP contribution in [0.3, 0.4) is 0 Å². The number of hydrogen-bond donors (Lipinski definition) is 2. The number of ether oxygens (including phenoxy) is 1. The molecule has 0 aliphatic heterocycles. The lowest BCUT2D eigenvalue weighted by Gasteiger charge is -2.14. The fraction of sp³-hybridized carbons (Fsp3) is 0.0909. The van der Waals surface area contributed by atoms with Gasteiger partial charge in [0, 0.05) is 6.20 Å². The van der Waals surface area contributed by atoms with Gasteiger partial charge in [-0.1, -0.05) is 12.1 Å². The Hall–Kier alpha value is -2.03. The molecular formula is C11H8BrF3N4O. The lowest BCUT2D eigenvalue weighted by Crippen LogP contribution is -2.18. The molecule has 3 N–H and O–H groups in total. The van der Waals surface area contributed by atoms with Crippen LogP contribution in [0.4, 0.5) is 30.6 Å². The number of alkyl halides is 3.